The van der Waals surface area contributed by atoms with Gasteiger partial charge in [-0.15, -0.1) is 0 Å². The second-order valence-corrected chi connectivity index (χ2v) is 5.14. The third-order valence-corrected chi connectivity index (χ3v) is 3.36. The second kappa shape index (κ2) is 7.14. The van der Waals surface area contributed by atoms with Gasteiger partial charge in [-0.25, -0.2) is 0 Å². The molecule has 0 aliphatic rings. The third kappa shape index (κ3) is 3.99. The molecule has 3 nitrogen and oxygen atoms in total. The molecule has 1 N–H and O–H groups in total. The molecule has 2 rings (SSSR count). The molecule has 0 aliphatic heterocycles. The van der Waals surface area contributed by atoms with Crippen molar-refractivity contribution < 1.29 is 9.47 Å². The van der Waals surface area contributed by atoms with Gasteiger partial charge in [-0.3, -0.25) is 0 Å². The highest BCUT2D eigenvalue weighted by Gasteiger charge is 2.08. The Morgan fingerprint density at radius 2 is 1.71 bits per heavy atom. The maximum absolute atomic E-state index is 6.00. The molecule has 0 unspecified atom stereocenters. The van der Waals surface area contributed by atoms with E-state index in [1.54, 1.807) is 7.11 Å². The highest BCUT2D eigenvalue weighted by Crippen LogP contribution is 2.33. The smallest absolute Gasteiger partial charge is 0.169 e. The molecule has 0 aliphatic carbocycles. The van der Waals surface area contributed by atoms with E-state index in [-0.39, 0.29) is 0 Å². The van der Waals surface area contributed by atoms with Crippen molar-refractivity contribution in [3.05, 3.63) is 53.1 Å². The molecule has 0 radical (unpaired) electrons. The number of aryl methyl sites for hydroxylation is 2. The van der Waals surface area contributed by atoms with Crippen LogP contribution in [0.5, 0.6) is 17.2 Å². The Morgan fingerprint density at radius 3 is 2.38 bits per heavy atom. The summed E-state index contributed by atoms with van der Waals surface area (Å²) in [5.74, 6) is 2.36. The van der Waals surface area contributed by atoms with Gasteiger partial charge >= 0.3 is 0 Å². The lowest BCUT2D eigenvalue weighted by atomic mass is 10.1. The summed E-state index contributed by atoms with van der Waals surface area (Å²) in [4.78, 5) is 0. The van der Waals surface area contributed by atoms with E-state index in [0.29, 0.717) is 0 Å². The first-order valence-corrected chi connectivity index (χ1v) is 7.26. The Hall–Kier alpha value is -2.00. The molecule has 3 heteroatoms. The molecule has 112 valence electrons. The molecule has 2 aromatic carbocycles. The van der Waals surface area contributed by atoms with Gasteiger partial charge in [0.25, 0.3) is 0 Å². The number of nitrogens with one attached hydrogen (secondary N) is 1. The van der Waals surface area contributed by atoms with Crippen molar-refractivity contribution in [2.45, 2.75) is 27.3 Å². The number of methoxy groups -OCH3 is 1. The van der Waals surface area contributed by atoms with Crippen LogP contribution in [0.1, 0.15) is 23.6 Å². The molecule has 21 heavy (non-hydrogen) atoms. The van der Waals surface area contributed by atoms with E-state index in [1.165, 1.54) is 5.56 Å². The summed E-state index contributed by atoms with van der Waals surface area (Å²) in [5.41, 5.74) is 3.53. The van der Waals surface area contributed by atoms with Gasteiger partial charge in [0, 0.05) is 6.54 Å². The fraction of sp³-hybridized carbons (Fsp3) is 0.333. The molecule has 0 bridgehead atoms. The van der Waals surface area contributed by atoms with Crippen LogP contribution in [-0.2, 0) is 6.54 Å². The van der Waals surface area contributed by atoms with Crippen LogP contribution < -0.4 is 14.8 Å². The monoisotopic (exact) mass is 285 g/mol. The quantitative estimate of drug-likeness (QED) is 0.862. The maximum atomic E-state index is 6.00. The van der Waals surface area contributed by atoms with Crippen molar-refractivity contribution in [1.82, 2.24) is 5.32 Å². The molecule has 0 saturated heterocycles. The summed E-state index contributed by atoms with van der Waals surface area (Å²) in [6.07, 6.45) is 0. The van der Waals surface area contributed by atoms with E-state index < -0.39 is 0 Å². The predicted octanol–water partition coefficient (Wildman–Crippen LogP) is 4.21. The zero-order valence-electron chi connectivity index (χ0n) is 13.2. The van der Waals surface area contributed by atoms with Crippen LogP contribution in [0, 0.1) is 13.8 Å². The van der Waals surface area contributed by atoms with Crippen molar-refractivity contribution >= 4 is 0 Å². The minimum Gasteiger partial charge on any atom is -0.493 e. The summed E-state index contributed by atoms with van der Waals surface area (Å²) in [6, 6.07) is 12.2. The van der Waals surface area contributed by atoms with Gasteiger partial charge in [-0.05, 0) is 55.3 Å². The largest absolute Gasteiger partial charge is 0.493 e. The predicted molar refractivity (Wildman–Crippen MR) is 86.4 cm³/mol. The van der Waals surface area contributed by atoms with Crippen LogP contribution in [0.2, 0.25) is 0 Å². The Bertz CT molecular complexity index is 608. The average Bonchev–Trinajstić information content (AvgIpc) is 2.49. The third-order valence-electron chi connectivity index (χ3n) is 3.36. The van der Waals surface area contributed by atoms with Crippen molar-refractivity contribution in [3.8, 4) is 17.2 Å². The van der Waals surface area contributed by atoms with E-state index in [2.05, 4.69) is 31.3 Å². The molecule has 0 heterocycles. The number of rotatable bonds is 6. The van der Waals surface area contributed by atoms with Crippen molar-refractivity contribution in [3.63, 3.8) is 0 Å². The number of hydrogen-bond acceptors (Lipinski definition) is 3. The average molecular weight is 285 g/mol. The van der Waals surface area contributed by atoms with Crippen LogP contribution in [0.3, 0.4) is 0 Å². The summed E-state index contributed by atoms with van der Waals surface area (Å²) in [5, 5.41) is 3.32. The first-order valence-electron chi connectivity index (χ1n) is 7.26. The second-order valence-electron chi connectivity index (χ2n) is 5.14. The first kappa shape index (κ1) is 15.4. The molecule has 0 spiro atoms. The fourth-order valence-electron chi connectivity index (χ4n) is 2.18. The van der Waals surface area contributed by atoms with Gasteiger partial charge in [0.1, 0.15) is 5.75 Å². The minimum absolute atomic E-state index is 0.741. The van der Waals surface area contributed by atoms with Crippen molar-refractivity contribution in [2.24, 2.45) is 0 Å². The topological polar surface area (TPSA) is 30.5 Å². The van der Waals surface area contributed by atoms with Gasteiger partial charge in [0.05, 0.1) is 7.11 Å². The van der Waals surface area contributed by atoms with Crippen LogP contribution in [0.15, 0.2) is 36.4 Å². The summed E-state index contributed by atoms with van der Waals surface area (Å²) >= 11 is 0. The summed E-state index contributed by atoms with van der Waals surface area (Å²) < 4.78 is 11.4. The Kier molecular flexibility index (Phi) is 5.23. The van der Waals surface area contributed by atoms with Crippen LogP contribution >= 0.6 is 0 Å². The van der Waals surface area contributed by atoms with Crippen LogP contribution in [0.4, 0.5) is 0 Å². The van der Waals surface area contributed by atoms with Crippen LogP contribution in [0.25, 0.3) is 0 Å². The van der Waals surface area contributed by atoms with Crippen molar-refractivity contribution in [2.75, 3.05) is 13.7 Å². The molecule has 0 atom stereocenters. The zero-order chi connectivity index (χ0) is 15.2. The fourth-order valence-corrected chi connectivity index (χ4v) is 2.18. The Labute approximate surface area is 126 Å². The number of hydrogen-bond donors (Lipinski definition) is 1. The van der Waals surface area contributed by atoms with E-state index in [4.69, 9.17) is 9.47 Å². The van der Waals surface area contributed by atoms with Gasteiger partial charge in [-0.1, -0.05) is 25.1 Å². The molecular weight excluding hydrogens is 262 g/mol. The molecule has 0 aromatic heterocycles. The van der Waals surface area contributed by atoms with Crippen LogP contribution in [-0.4, -0.2) is 13.7 Å². The maximum Gasteiger partial charge on any atom is 0.169 e. The zero-order valence-corrected chi connectivity index (χ0v) is 13.2. The lowest BCUT2D eigenvalue weighted by molar-refractivity contribution is 0.377. The highest BCUT2D eigenvalue weighted by molar-refractivity contribution is 5.47. The van der Waals surface area contributed by atoms with Gasteiger partial charge in [0.15, 0.2) is 11.5 Å². The molecule has 0 fully saturated rings. The van der Waals surface area contributed by atoms with E-state index in [0.717, 1.165) is 41.5 Å². The standard InChI is InChI=1S/C18H23NO2/c1-5-19-12-15-7-9-16(14(3)11-15)21-17-8-6-13(2)10-18(17)20-4/h6-11,19H,5,12H2,1-4H3. The lowest BCUT2D eigenvalue weighted by Crippen LogP contribution is -2.11. The van der Waals surface area contributed by atoms with Gasteiger partial charge in [0.2, 0.25) is 0 Å². The molecular formula is C18H23NO2. The van der Waals surface area contributed by atoms with Gasteiger partial charge < -0.3 is 14.8 Å². The summed E-state index contributed by atoms with van der Waals surface area (Å²) in [7, 11) is 1.66. The summed E-state index contributed by atoms with van der Waals surface area (Å²) in [6.45, 7) is 8.05. The number of ether oxygens (including phenoxy) is 2. The normalized spacial score (nSPS) is 10.5. The molecule has 0 amide bonds. The van der Waals surface area contributed by atoms with E-state index in [9.17, 15) is 0 Å². The Morgan fingerprint density at radius 1 is 0.952 bits per heavy atom. The Balaban J connectivity index is 2.20. The minimum atomic E-state index is 0.741. The lowest BCUT2D eigenvalue weighted by Gasteiger charge is -2.13. The van der Waals surface area contributed by atoms with Gasteiger partial charge in [-0.2, -0.15) is 0 Å². The SMILES string of the molecule is CCNCc1ccc(Oc2ccc(C)cc2OC)c(C)c1. The number of benzene rings is 2. The highest BCUT2D eigenvalue weighted by atomic mass is 16.5. The van der Waals surface area contributed by atoms with E-state index >= 15 is 0 Å². The van der Waals surface area contributed by atoms with Crippen molar-refractivity contribution in [1.29, 1.82) is 0 Å². The molecule has 2 aromatic rings. The van der Waals surface area contributed by atoms with E-state index in [1.807, 2.05) is 31.2 Å². The molecule has 0 saturated carbocycles. The first-order chi connectivity index (χ1) is 10.1.